The molecule has 0 amide bonds. The molecule has 0 spiro atoms. The first-order chi connectivity index (χ1) is 9.15. The highest BCUT2D eigenvalue weighted by atomic mass is 35.5. The van der Waals surface area contributed by atoms with Gasteiger partial charge in [-0.2, -0.15) is 0 Å². The van der Waals surface area contributed by atoms with Crippen LogP contribution in [0.25, 0.3) is 5.69 Å². The van der Waals surface area contributed by atoms with Gasteiger partial charge in [-0.15, -0.1) is 5.10 Å². The van der Waals surface area contributed by atoms with Crippen molar-refractivity contribution in [2.45, 2.75) is 13.5 Å². The maximum Gasteiger partial charge on any atom is 0.358 e. The molecule has 0 saturated carbocycles. The predicted octanol–water partition coefficient (Wildman–Crippen LogP) is 2.16. The van der Waals surface area contributed by atoms with Crippen molar-refractivity contribution in [1.82, 2.24) is 15.0 Å². The third kappa shape index (κ3) is 2.74. The van der Waals surface area contributed by atoms with E-state index in [1.54, 1.807) is 24.3 Å². The summed E-state index contributed by atoms with van der Waals surface area (Å²) in [5.74, 6) is -1.15. The number of carboxylic acids is 1. The molecule has 0 fully saturated rings. The Morgan fingerprint density at radius 3 is 2.84 bits per heavy atom. The molecule has 1 heterocycles. The van der Waals surface area contributed by atoms with E-state index < -0.39 is 5.97 Å². The van der Waals surface area contributed by atoms with E-state index in [-0.39, 0.29) is 12.3 Å². The maximum absolute atomic E-state index is 11.1. The summed E-state index contributed by atoms with van der Waals surface area (Å²) < 4.78 is 6.65. The summed E-state index contributed by atoms with van der Waals surface area (Å²) >= 11 is 6.08. The highest BCUT2D eigenvalue weighted by Crippen LogP contribution is 2.22. The van der Waals surface area contributed by atoms with Crippen LogP contribution in [-0.2, 0) is 11.3 Å². The molecule has 0 radical (unpaired) electrons. The fourth-order valence-electron chi connectivity index (χ4n) is 1.61. The van der Waals surface area contributed by atoms with Gasteiger partial charge in [0.1, 0.15) is 5.69 Å². The lowest BCUT2D eigenvalue weighted by molar-refractivity contribution is 0.0681. The van der Waals surface area contributed by atoms with Crippen molar-refractivity contribution in [3.63, 3.8) is 0 Å². The van der Waals surface area contributed by atoms with Gasteiger partial charge in [0.05, 0.1) is 17.3 Å². The number of aromatic nitrogens is 3. The number of ether oxygens (including phenoxy) is 1. The zero-order valence-corrected chi connectivity index (χ0v) is 11.0. The van der Waals surface area contributed by atoms with Gasteiger partial charge in [-0.3, -0.25) is 0 Å². The van der Waals surface area contributed by atoms with Crippen molar-refractivity contribution in [2.24, 2.45) is 0 Å². The van der Waals surface area contributed by atoms with Crippen molar-refractivity contribution in [3.8, 4) is 5.69 Å². The van der Waals surface area contributed by atoms with Gasteiger partial charge >= 0.3 is 5.97 Å². The average molecular weight is 282 g/mol. The van der Waals surface area contributed by atoms with Crippen LogP contribution in [0.15, 0.2) is 24.3 Å². The highest BCUT2D eigenvalue weighted by Gasteiger charge is 2.20. The summed E-state index contributed by atoms with van der Waals surface area (Å²) in [6, 6.07) is 7.00. The number of halogens is 1. The molecule has 7 heteroatoms. The highest BCUT2D eigenvalue weighted by molar-refractivity contribution is 6.32. The first-order valence-corrected chi connectivity index (χ1v) is 6.03. The number of carbonyl (C=O) groups is 1. The molecule has 2 aromatic rings. The van der Waals surface area contributed by atoms with E-state index in [0.29, 0.717) is 23.0 Å². The third-order valence-corrected chi connectivity index (χ3v) is 2.81. The smallest absolute Gasteiger partial charge is 0.358 e. The molecule has 0 aliphatic heterocycles. The second-order valence-corrected chi connectivity index (χ2v) is 4.10. The summed E-state index contributed by atoms with van der Waals surface area (Å²) in [4.78, 5) is 11.1. The van der Waals surface area contributed by atoms with Gasteiger partial charge in [-0.25, -0.2) is 9.48 Å². The Bertz CT molecular complexity index is 598. The van der Waals surface area contributed by atoms with Gasteiger partial charge in [-0.05, 0) is 19.1 Å². The molecule has 19 heavy (non-hydrogen) atoms. The fraction of sp³-hybridized carbons (Fsp3) is 0.250. The quantitative estimate of drug-likeness (QED) is 0.909. The Morgan fingerprint density at radius 2 is 2.21 bits per heavy atom. The minimum Gasteiger partial charge on any atom is -0.476 e. The second-order valence-electron chi connectivity index (χ2n) is 3.69. The van der Waals surface area contributed by atoms with Gasteiger partial charge in [-0.1, -0.05) is 28.9 Å². The van der Waals surface area contributed by atoms with Crippen molar-refractivity contribution >= 4 is 17.6 Å². The summed E-state index contributed by atoms with van der Waals surface area (Å²) in [6.07, 6.45) is 0. The van der Waals surface area contributed by atoms with Crippen LogP contribution in [0.2, 0.25) is 5.02 Å². The van der Waals surface area contributed by atoms with Gasteiger partial charge in [0, 0.05) is 6.61 Å². The van der Waals surface area contributed by atoms with Crippen LogP contribution in [0, 0.1) is 0 Å². The Kier molecular flexibility index (Phi) is 4.13. The minimum absolute atomic E-state index is 0.107. The predicted molar refractivity (Wildman–Crippen MR) is 68.7 cm³/mol. The van der Waals surface area contributed by atoms with Gasteiger partial charge < -0.3 is 9.84 Å². The summed E-state index contributed by atoms with van der Waals surface area (Å²) in [5.41, 5.74) is 0.801. The van der Waals surface area contributed by atoms with Crippen molar-refractivity contribution in [2.75, 3.05) is 6.61 Å². The van der Waals surface area contributed by atoms with Crippen LogP contribution in [0.4, 0.5) is 0 Å². The summed E-state index contributed by atoms with van der Waals surface area (Å²) in [5, 5.41) is 17.1. The molecule has 0 unspecified atom stereocenters. The van der Waals surface area contributed by atoms with Crippen LogP contribution in [-0.4, -0.2) is 32.7 Å². The molecule has 6 nitrogen and oxygen atoms in total. The molecule has 1 N–H and O–H groups in total. The second kappa shape index (κ2) is 5.81. The molecule has 0 saturated heterocycles. The van der Waals surface area contributed by atoms with Gasteiger partial charge in [0.15, 0.2) is 5.69 Å². The van der Waals surface area contributed by atoms with Crippen LogP contribution >= 0.6 is 11.6 Å². The number of rotatable bonds is 5. The average Bonchev–Trinajstić information content (AvgIpc) is 2.80. The van der Waals surface area contributed by atoms with Gasteiger partial charge in [0.2, 0.25) is 0 Å². The van der Waals surface area contributed by atoms with Crippen LogP contribution in [0.5, 0.6) is 0 Å². The summed E-state index contributed by atoms with van der Waals surface area (Å²) in [7, 11) is 0. The zero-order chi connectivity index (χ0) is 13.8. The number of para-hydroxylation sites is 1. The molecular weight excluding hydrogens is 270 g/mol. The van der Waals surface area contributed by atoms with Gasteiger partial charge in [0.25, 0.3) is 0 Å². The van der Waals surface area contributed by atoms with Crippen LogP contribution in [0.1, 0.15) is 23.1 Å². The maximum atomic E-state index is 11.1. The first-order valence-electron chi connectivity index (χ1n) is 5.65. The fourth-order valence-corrected chi connectivity index (χ4v) is 1.83. The van der Waals surface area contributed by atoms with Crippen molar-refractivity contribution in [3.05, 3.63) is 40.7 Å². The molecule has 1 aromatic heterocycles. The van der Waals surface area contributed by atoms with Crippen LogP contribution < -0.4 is 0 Å². The first kappa shape index (κ1) is 13.5. The lowest BCUT2D eigenvalue weighted by Crippen LogP contribution is -2.09. The number of carboxylic acid groups (broad SMARTS) is 1. The third-order valence-electron chi connectivity index (χ3n) is 2.49. The molecule has 0 atom stereocenters. The number of aromatic carboxylic acids is 1. The Morgan fingerprint density at radius 1 is 1.47 bits per heavy atom. The zero-order valence-electron chi connectivity index (χ0n) is 10.2. The number of hydrogen-bond acceptors (Lipinski definition) is 4. The SMILES string of the molecule is CCOCc1c(C(=O)O)nnn1-c1ccccc1Cl. The Labute approximate surface area is 114 Å². The van der Waals surface area contributed by atoms with Crippen LogP contribution in [0.3, 0.4) is 0 Å². The standard InChI is InChI=1S/C12H12ClN3O3/c1-2-19-7-10-11(12(17)18)14-15-16(10)9-6-4-3-5-8(9)13/h3-6H,2,7H2,1H3,(H,17,18). The molecule has 2 rings (SSSR count). The summed E-state index contributed by atoms with van der Waals surface area (Å²) in [6.45, 7) is 2.40. The number of hydrogen-bond donors (Lipinski definition) is 1. The molecule has 0 aliphatic rings. The van der Waals surface area contributed by atoms with E-state index in [9.17, 15) is 4.79 Å². The van der Waals surface area contributed by atoms with Crippen molar-refractivity contribution < 1.29 is 14.6 Å². The number of benzene rings is 1. The molecule has 0 aliphatic carbocycles. The molecule has 0 bridgehead atoms. The molecule has 1 aromatic carbocycles. The number of nitrogens with zero attached hydrogens (tertiary/aromatic N) is 3. The normalized spacial score (nSPS) is 10.6. The Hall–Kier alpha value is -1.92. The van der Waals surface area contributed by atoms with E-state index >= 15 is 0 Å². The topological polar surface area (TPSA) is 77.2 Å². The van der Waals surface area contributed by atoms with Crippen molar-refractivity contribution in [1.29, 1.82) is 0 Å². The van der Waals surface area contributed by atoms with E-state index in [2.05, 4.69) is 10.3 Å². The monoisotopic (exact) mass is 281 g/mol. The Balaban J connectivity index is 2.51. The lowest BCUT2D eigenvalue weighted by Gasteiger charge is -2.08. The van der Waals surface area contributed by atoms with E-state index in [0.717, 1.165) is 0 Å². The molecular formula is C12H12ClN3O3. The lowest BCUT2D eigenvalue weighted by atomic mass is 10.3. The largest absolute Gasteiger partial charge is 0.476 e. The molecule has 100 valence electrons. The van der Waals surface area contributed by atoms with E-state index in [1.165, 1.54) is 4.68 Å². The van der Waals surface area contributed by atoms with E-state index in [1.807, 2.05) is 6.92 Å². The minimum atomic E-state index is -1.15. The van der Waals surface area contributed by atoms with E-state index in [4.69, 9.17) is 21.4 Å².